The summed E-state index contributed by atoms with van der Waals surface area (Å²) in [6, 6.07) is 3.85. The van der Waals surface area contributed by atoms with Crippen molar-refractivity contribution in [2.75, 3.05) is 6.54 Å². The molecular formula is C14H21F2N. The van der Waals surface area contributed by atoms with Crippen LogP contribution in [0.3, 0.4) is 0 Å². The lowest BCUT2D eigenvalue weighted by Crippen LogP contribution is -2.34. The zero-order valence-corrected chi connectivity index (χ0v) is 10.8. The van der Waals surface area contributed by atoms with E-state index in [0.717, 1.165) is 25.5 Å². The van der Waals surface area contributed by atoms with Gasteiger partial charge in [0.15, 0.2) is 0 Å². The Morgan fingerprint density at radius 2 is 1.94 bits per heavy atom. The third-order valence-corrected chi connectivity index (χ3v) is 3.15. The standard InChI is InChI=1S/C14H21F2N/c1-4-8-17-14(5-2)10(3)12-9-11(15)6-7-13(12)16/h6-7,9-10,14,17H,4-5,8H2,1-3H3. The van der Waals surface area contributed by atoms with Crippen molar-refractivity contribution in [3.8, 4) is 0 Å². The molecule has 0 radical (unpaired) electrons. The first-order valence-electron chi connectivity index (χ1n) is 6.28. The van der Waals surface area contributed by atoms with Crippen LogP contribution in [0.15, 0.2) is 18.2 Å². The molecule has 0 fully saturated rings. The number of hydrogen-bond donors (Lipinski definition) is 1. The third-order valence-electron chi connectivity index (χ3n) is 3.15. The molecule has 0 amide bonds. The van der Waals surface area contributed by atoms with E-state index in [2.05, 4.69) is 19.2 Å². The summed E-state index contributed by atoms with van der Waals surface area (Å²) in [6.07, 6.45) is 1.94. The average Bonchev–Trinajstić information content (AvgIpc) is 2.33. The highest BCUT2D eigenvalue weighted by Crippen LogP contribution is 2.24. The summed E-state index contributed by atoms with van der Waals surface area (Å²) < 4.78 is 26.8. The number of hydrogen-bond acceptors (Lipinski definition) is 1. The molecule has 0 saturated carbocycles. The monoisotopic (exact) mass is 241 g/mol. The lowest BCUT2D eigenvalue weighted by atomic mass is 9.91. The molecule has 3 heteroatoms. The summed E-state index contributed by atoms with van der Waals surface area (Å²) in [5.74, 6) is -0.725. The lowest BCUT2D eigenvalue weighted by Gasteiger charge is -2.24. The van der Waals surface area contributed by atoms with Gasteiger partial charge in [-0.15, -0.1) is 0 Å². The van der Waals surface area contributed by atoms with Crippen LogP contribution in [-0.2, 0) is 0 Å². The van der Waals surface area contributed by atoms with Crippen molar-refractivity contribution in [2.45, 2.75) is 45.6 Å². The summed E-state index contributed by atoms with van der Waals surface area (Å²) in [6.45, 7) is 6.99. The van der Waals surface area contributed by atoms with Gasteiger partial charge in [0.25, 0.3) is 0 Å². The Labute approximate surface area is 102 Å². The topological polar surface area (TPSA) is 12.0 Å². The minimum atomic E-state index is -0.376. The van der Waals surface area contributed by atoms with Gasteiger partial charge in [-0.05, 0) is 49.1 Å². The zero-order valence-electron chi connectivity index (χ0n) is 10.8. The lowest BCUT2D eigenvalue weighted by molar-refractivity contribution is 0.425. The number of nitrogens with one attached hydrogen (secondary N) is 1. The number of rotatable bonds is 6. The fraction of sp³-hybridized carbons (Fsp3) is 0.571. The highest BCUT2D eigenvalue weighted by atomic mass is 19.1. The first-order chi connectivity index (χ1) is 8.10. The molecule has 96 valence electrons. The van der Waals surface area contributed by atoms with Crippen LogP contribution in [0.5, 0.6) is 0 Å². The van der Waals surface area contributed by atoms with Crippen LogP contribution in [0.4, 0.5) is 8.78 Å². The maximum Gasteiger partial charge on any atom is 0.126 e. The molecule has 0 aliphatic carbocycles. The molecule has 0 bridgehead atoms. The number of benzene rings is 1. The second kappa shape index (κ2) is 6.70. The summed E-state index contributed by atoms with van der Waals surface area (Å²) in [7, 11) is 0. The van der Waals surface area contributed by atoms with Crippen LogP contribution in [0.25, 0.3) is 0 Å². The normalized spacial score (nSPS) is 14.6. The first-order valence-corrected chi connectivity index (χ1v) is 6.28. The maximum atomic E-state index is 13.6. The van der Waals surface area contributed by atoms with Crippen molar-refractivity contribution in [2.24, 2.45) is 0 Å². The summed E-state index contributed by atoms with van der Waals surface area (Å²) in [4.78, 5) is 0. The highest BCUT2D eigenvalue weighted by Gasteiger charge is 2.20. The second-order valence-electron chi connectivity index (χ2n) is 4.42. The molecule has 0 spiro atoms. The molecule has 0 heterocycles. The van der Waals surface area contributed by atoms with E-state index in [0.29, 0.717) is 5.56 Å². The molecule has 0 aliphatic rings. The molecule has 1 aromatic rings. The Kier molecular flexibility index (Phi) is 5.56. The van der Waals surface area contributed by atoms with E-state index in [1.807, 2.05) is 6.92 Å². The predicted octanol–water partition coefficient (Wildman–Crippen LogP) is 3.85. The Bertz CT molecular complexity index is 352. The number of halogens is 2. The third kappa shape index (κ3) is 3.77. The molecule has 2 unspecified atom stereocenters. The van der Waals surface area contributed by atoms with E-state index in [9.17, 15) is 8.78 Å². The Morgan fingerprint density at radius 1 is 1.24 bits per heavy atom. The van der Waals surface area contributed by atoms with Crippen molar-refractivity contribution in [3.05, 3.63) is 35.4 Å². The molecule has 0 aliphatic heterocycles. The van der Waals surface area contributed by atoms with Gasteiger partial charge >= 0.3 is 0 Å². The maximum absolute atomic E-state index is 13.6. The molecule has 2 atom stereocenters. The second-order valence-corrected chi connectivity index (χ2v) is 4.42. The zero-order chi connectivity index (χ0) is 12.8. The van der Waals surface area contributed by atoms with Crippen LogP contribution >= 0.6 is 0 Å². The molecular weight excluding hydrogens is 220 g/mol. The Balaban J connectivity index is 2.85. The van der Waals surface area contributed by atoms with E-state index in [1.54, 1.807) is 0 Å². The summed E-state index contributed by atoms with van der Waals surface area (Å²) in [5.41, 5.74) is 0.459. The van der Waals surface area contributed by atoms with Gasteiger partial charge in [0.05, 0.1) is 0 Å². The predicted molar refractivity (Wildman–Crippen MR) is 67.1 cm³/mol. The molecule has 17 heavy (non-hydrogen) atoms. The molecule has 1 aromatic carbocycles. The van der Waals surface area contributed by atoms with Crippen molar-refractivity contribution >= 4 is 0 Å². The summed E-state index contributed by atoms with van der Waals surface area (Å²) >= 11 is 0. The first kappa shape index (κ1) is 14.1. The quantitative estimate of drug-likeness (QED) is 0.797. The van der Waals surface area contributed by atoms with E-state index >= 15 is 0 Å². The molecule has 1 rings (SSSR count). The van der Waals surface area contributed by atoms with Crippen LogP contribution < -0.4 is 5.32 Å². The average molecular weight is 241 g/mol. The Hall–Kier alpha value is -0.960. The van der Waals surface area contributed by atoms with Crippen LogP contribution in [0.1, 0.15) is 45.1 Å². The van der Waals surface area contributed by atoms with Crippen molar-refractivity contribution in [3.63, 3.8) is 0 Å². The molecule has 1 N–H and O–H groups in total. The molecule has 0 saturated heterocycles. The van der Waals surface area contributed by atoms with Gasteiger partial charge in [0.1, 0.15) is 11.6 Å². The van der Waals surface area contributed by atoms with Crippen LogP contribution in [0, 0.1) is 11.6 Å². The fourth-order valence-electron chi connectivity index (χ4n) is 2.08. The van der Waals surface area contributed by atoms with Crippen molar-refractivity contribution in [1.29, 1.82) is 0 Å². The highest BCUT2D eigenvalue weighted by molar-refractivity contribution is 5.23. The fourth-order valence-corrected chi connectivity index (χ4v) is 2.08. The minimum absolute atomic E-state index is 0.0257. The minimum Gasteiger partial charge on any atom is -0.313 e. The van der Waals surface area contributed by atoms with E-state index in [1.165, 1.54) is 12.1 Å². The van der Waals surface area contributed by atoms with Gasteiger partial charge in [0, 0.05) is 6.04 Å². The Morgan fingerprint density at radius 3 is 2.53 bits per heavy atom. The van der Waals surface area contributed by atoms with Crippen molar-refractivity contribution in [1.82, 2.24) is 5.32 Å². The van der Waals surface area contributed by atoms with E-state index in [4.69, 9.17) is 0 Å². The molecule has 0 aromatic heterocycles. The van der Waals surface area contributed by atoms with Gasteiger partial charge < -0.3 is 5.32 Å². The summed E-state index contributed by atoms with van der Waals surface area (Å²) in [5, 5.41) is 3.37. The van der Waals surface area contributed by atoms with Gasteiger partial charge in [-0.2, -0.15) is 0 Å². The van der Waals surface area contributed by atoms with Gasteiger partial charge in [-0.3, -0.25) is 0 Å². The molecule has 1 nitrogen and oxygen atoms in total. The van der Waals surface area contributed by atoms with Gasteiger partial charge in [0.2, 0.25) is 0 Å². The van der Waals surface area contributed by atoms with Crippen molar-refractivity contribution < 1.29 is 8.78 Å². The SMILES string of the molecule is CCCNC(CC)C(C)c1cc(F)ccc1F. The largest absolute Gasteiger partial charge is 0.313 e. The van der Waals surface area contributed by atoms with E-state index < -0.39 is 0 Å². The smallest absolute Gasteiger partial charge is 0.126 e. The van der Waals surface area contributed by atoms with Crippen LogP contribution in [-0.4, -0.2) is 12.6 Å². The van der Waals surface area contributed by atoms with Gasteiger partial charge in [-0.25, -0.2) is 8.78 Å². The van der Waals surface area contributed by atoms with Gasteiger partial charge in [-0.1, -0.05) is 20.8 Å². The van der Waals surface area contributed by atoms with E-state index in [-0.39, 0.29) is 23.6 Å². The van der Waals surface area contributed by atoms with Crippen LogP contribution in [0.2, 0.25) is 0 Å².